The van der Waals surface area contributed by atoms with Crippen LogP contribution in [-0.2, 0) is 0 Å². The lowest BCUT2D eigenvalue weighted by molar-refractivity contribution is -0.384. The van der Waals surface area contributed by atoms with Crippen LogP contribution in [0, 0.1) is 24.0 Å². The van der Waals surface area contributed by atoms with Crippen molar-refractivity contribution in [3.05, 3.63) is 57.5 Å². The third-order valence-electron chi connectivity index (χ3n) is 3.46. The zero-order valence-corrected chi connectivity index (χ0v) is 12.8. The number of aromatic nitrogens is 3. The molecule has 2 aromatic heterocycles. The van der Waals surface area contributed by atoms with Crippen molar-refractivity contribution in [3.63, 3.8) is 0 Å². The van der Waals surface area contributed by atoms with Crippen LogP contribution in [0.3, 0.4) is 0 Å². The Hall–Kier alpha value is -3.49. The van der Waals surface area contributed by atoms with Gasteiger partial charge in [0.2, 0.25) is 0 Å². The van der Waals surface area contributed by atoms with E-state index in [-0.39, 0.29) is 16.9 Å². The van der Waals surface area contributed by atoms with Gasteiger partial charge in [-0.1, -0.05) is 0 Å². The molecule has 3 rings (SSSR count). The molecule has 122 valence electrons. The van der Waals surface area contributed by atoms with Crippen molar-refractivity contribution in [2.45, 2.75) is 13.8 Å². The number of aryl methyl sites for hydroxylation is 2. The van der Waals surface area contributed by atoms with Gasteiger partial charge in [0, 0.05) is 17.5 Å². The Morgan fingerprint density at radius 3 is 2.75 bits per heavy atom. The number of amides is 1. The van der Waals surface area contributed by atoms with Gasteiger partial charge in [-0.2, -0.15) is 5.10 Å². The van der Waals surface area contributed by atoms with Crippen molar-refractivity contribution < 1.29 is 14.8 Å². The lowest BCUT2D eigenvalue weighted by atomic mass is 10.2. The Bertz CT molecular complexity index is 979. The number of fused-ring (bicyclic) bond motifs is 1. The maximum atomic E-state index is 12.4. The Balaban J connectivity index is 1.95. The van der Waals surface area contributed by atoms with Crippen molar-refractivity contribution >= 4 is 22.9 Å². The molecule has 2 heterocycles. The summed E-state index contributed by atoms with van der Waals surface area (Å²) in [5.74, 6) is -0.916. The summed E-state index contributed by atoms with van der Waals surface area (Å²) < 4.78 is 1.54. The molecule has 0 aliphatic carbocycles. The number of hydrogen-bond donors (Lipinski definition) is 2. The molecule has 0 aliphatic heterocycles. The first-order chi connectivity index (χ1) is 11.4. The quantitative estimate of drug-likeness (QED) is 0.432. The number of hydrogen-bond acceptors (Lipinski definition) is 6. The van der Waals surface area contributed by atoms with E-state index < -0.39 is 16.6 Å². The van der Waals surface area contributed by atoms with Gasteiger partial charge in [0.05, 0.1) is 22.9 Å². The Morgan fingerprint density at radius 1 is 1.33 bits per heavy atom. The molecule has 9 heteroatoms. The number of aromatic hydroxyl groups is 1. The number of non-ortho nitro benzene ring substituents is 1. The van der Waals surface area contributed by atoms with E-state index in [0.29, 0.717) is 5.65 Å². The van der Waals surface area contributed by atoms with Crippen LogP contribution >= 0.6 is 0 Å². The van der Waals surface area contributed by atoms with Gasteiger partial charge in [0.1, 0.15) is 11.3 Å². The number of nitro benzene ring substituents is 1. The Kier molecular flexibility index (Phi) is 3.60. The summed E-state index contributed by atoms with van der Waals surface area (Å²) in [6.45, 7) is 3.66. The van der Waals surface area contributed by atoms with Gasteiger partial charge >= 0.3 is 0 Å². The average Bonchev–Trinajstić information content (AvgIpc) is 2.93. The number of nitrogens with zero attached hydrogens (tertiary/aromatic N) is 4. The van der Waals surface area contributed by atoms with E-state index in [2.05, 4.69) is 15.4 Å². The predicted molar refractivity (Wildman–Crippen MR) is 85.2 cm³/mol. The normalized spacial score (nSPS) is 10.8. The third kappa shape index (κ3) is 2.62. The number of benzene rings is 1. The molecule has 9 nitrogen and oxygen atoms in total. The maximum absolute atomic E-state index is 12.4. The van der Waals surface area contributed by atoms with Crippen LogP contribution in [0.2, 0.25) is 0 Å². The number of carbonyl (C=O) groups excluding carboxylic acids is 1. The highest BCUT2D eigenvalue weighted by atomic mass is 16.6. The van der Waals surface area contributed by atoms with Crippen molar-refractivity contribution in [1.29, 1.82) is 0 Å². The summed E-state index contributed by atoms with van der Waals surface area (Å²) in [7, 11) is 0. The monoisotopic (exact) mass is 327 g/mol. The van der Waals surface area contributed by atoms with E-state index in [1.165, 1.54) is 22.8 Å². The standard InChI is InChI=1S/C15H13N5O4/c1-8-5-9(2)19-14(17-8)11(7-16-19)15(22)18-12-4-3-10(20(23)24)6-13(12)21/h3-7,21H,1-2H3,(H,18,22). The molecule has 24 heavy (non-hydrogen) atoms. The first kappa shape index (κ1) is 15.4. The first-order valence-corrected chi connectivity index (χ1v) is 6.97. The summed E-state index contributed by atoms with van der Waals surface area (Å²) >= 11 is 0. The number of anilines is 1. The van der Waals surface area contributed by atoms with E-state index in [0.717, 1.165) is 17.5 Å². The summed E-state index contributed by atoms with van der Waals surface area (Å²) in [5, 5.41) is 27.1. The largest absolute Gasteiger partial charge is 0.506 e. The van der Waals surface area contributed by atoms with Gasteiger partial charge in [-0.25, -0.2) is 9.50 Å². The van der Waals surface area contributed by atoms with Crippen LogP contribution in [-0.4, -0.2) is 30.5 Å². The number of carbonyl (C=O) groups is 1. The molecule has 1 amide bonds. The molecule has 3 aromatic rings. The smallest absolute Gasteiger partial charge is 0.273 e. The van der Waals surface area contributed by atoms with Crippen molar-refractivity contribution in [2.75, 3.05) is 5.32 Å². The second kappa shape index (κ2) is 5.61. The molecule has 0 saturated carbocycles. The molecule has 0 unspecified atom stereocenters. The van der Waals surface area contributed by atoms with Crippen LogP contribution < -0.4 is 5.32 Å². The number of phenolic OH excluding ortho intramolecular Hbond substituents is 1. The SMILES string of the molecule is Cc1cc(C)n2ncc(C(=O)Nc3ccc([N+](=O)[O-])cc3O)c2n1. The summed E-state index contributed by atoms with van der Waals surface area (Å²) in [4.78, 5) is 26.8. The zero-order valence-electron chi connectivity index (χ0n) is 12.8. The molecule has 0 bridgehead atoms. The molecule has 0 fully saturated rings. The minimum absolute atomic E-state index is 0.0642. The lowest BCUT2D eigenvalue weighted by Crippen LogP contribution is -2.12. The van der Waals surface area contributed by atoms with Crippen molar-refractivity contribution in [3.8, 4) is 5.75 Å². The van der Waals surface area contributed by atoms with Gasteiger partial charge < -0.3 is 10.4 Å². The highest BCUT2D eigenvalue weighted by Gasteiger charge is 2.18. The second-order valence-corrected chi connectivity index (χ2v) is 5.25. The van der Waals surface area contributed by atoms with Crippen LogP contribution in [0.4, 0.5) is 11.4 Å². The molecule has 1 aromatic carbocycles. The Morgan fingerprint density at radius 2 is 2.08 bits per heavy atom. The molecular weight excluding hydrogens is 314 g/mol. The molecule has 0 aliphatic rings. The minimum atomic E-state index is -0.633. The van der Waals surface area contributed by atoms with Gasteiger partial charge in [-0.15, -0.1) is 0 Å². The predicted octanol–water partition coefficient (Wildman–Crippen LogP) is 2.21. The van der Waals surface area contributed by atoms with Crippen LogP contribution in [0.25, 0.3) is 5.65 Å². The fourth-order valence-electron chi connectivity index (χ4n) is 2.36. The molecule has 0 spiro atoms. The van der Waals surface area contributed by atoms with E-state index in [4.69, 9.17) is 0 Å². The number of nitrogens with one attached hydrogen (secondary N) is 1. The number of nitro groups is 1. The van der Waals surface area contributed by atoms with E-state index in [1.807, 2.05) is 19.9 Å². The average molecular weight is 327 g/mol. The van der Waals surface area contributed by atoms with E-state index >= 15 is 0 Å². The van der Waals surface area contributed by atoms with Crippen molar-refractivity contribution in [2.24, 2.45) is 0 Å². The van der Waals surface area contributed by atoms with E-state index in [1.54, 1.807) is 0 Å². The molecule has 0 radical (unpaired) electrons. The minimum Gasteiger partial charge on any atom is -0.506 e. The summed E-state index contributed by atoms with van der Waals surface area (Å²) in [6.07, 6.45) is 1.38. The topological polar surface area (TPSA) is 123 Å². The zero-order chi connectivity index (χ0) is 17.4. The highest BCUT2D eigenvalue weighted by Crippen LogP contribution is 2.28. The van der Waals surface area contributed by atoms with E-state index in [9.17, 15) is 20.0 Å². The second-order valence-electron chi connectivity index (χ2n) is 5.25. The summed E-state index contributed by atoms with van der Waals surface area (Å²) in [6, 6.07) is 5.26. The van der Waals surface area contributed by atoms with Gasteiger partial charge in [-0.05, 0) is 26.0 Å². The van der Waals surface area contributed by atoms with Crippen molar-refractivity contribution in [1.82, 2.24) is 14.6 Å². The van der Waals surface area contributed by atoms with Crippen LogP contribution in [0.5, 0.6) is 5.75 Å². The lowest BCUT2D eigenvalue weighted by Gasteiger charge is -2.06. The fourth-order valence-corrected chi connectivity index (χ4v) is 2.36. The first-order valence-electron chi connectivity index (χ1n) is 6.97. The van der Waals surface area contributed by atoms with Crippen LogP contribution in [0.15, 0.2) is 30.5 Å². The van der Waals surface area contributed by atoms with Crippen LogP contribution in [0.1, 0.15) is 21.7 Å². The molecule has 0 saturated heterocycles. The van der Waals surface area contributed by atoms with Gasteiger partial charge in [0.25, 0.3) is 11.6 Å². The highest BCUT2D eigenvalue weighted by molar-refractivity contribution is 6.08. The molecule has 0 atom stereocenters. The summed E-state index contributed by atoms with van der Waals surface area (Å²) in [5.41, 5.74) is 2.00. The Labute approximate surface area is 135 Å². The number of phenols is 1. The molecular formula is C15H13N5O4. The van der Waals surface area contributed by atoms with Gasteiger partial charge in [-0.3, -0.25) is 14.9 Å². The molecule has 2 N–H and O–H groups in total. The maximum Gasteiger partial charge on any atom is 0.273 e. The fraction of sp³-hybridized carbons (Fsp3) is 0.133. The van der Waals surface area contributed by atoms with Gasteiger partial charge in [0.15, 0.2) is 5.65 Å². The number of rotatable bonds is 3. The third-order valence-corrected chi connectivity index (χ3v) is 3.46.